The monoisotopic (exact) mass is 390 g/mol. The van der Waals surface area contributed by atoms with E-state index < -0.39 is 11.9 Å². The van der Waals surface area contributed by atoms with Crippen LogP contribution in [0, 0.1) is 17.3 Å². The van der Waals surface area contributed by atoms with Crippen molar-refractivity contribution in [2.45, 2.75) is 50.4 Å². The van der Waals surface area contributed by atoms with Crippen molar-refractivity contribution < 1.29 is 9.18 Å². The van der Waals surface area contributed by atoms with Gasteiger partial charge in [-0.05, 0) is 25.3 Å². The van der Waals surface area contributed by atoms with Gasteiger partial charge < -0.3 is 5.32 Å². The minimum Gasteiger partial charge on any atom is -0.324 e. The fourth-order valence-corrected chi connectivity index (χ4v) is 4.35. The van der Waals surface area contributed by atoms with Crippen LogP contribution in [-0.2, 0) is 10.2 Å². The highest BCUT2D eigenvalue weighted by Gasteiger charge is 2.43. The topological polar surface area (TPSA) is 96.0 Å². The van der Waals surface area contributed by atoms with E-state index in [9.17, 15) is 14.4 Å². The Hall–Kier alpha value is -3.34. The Balaban J connectivity index is 1.47. The predicted molar refractivity (Wildman–Crippen MR) is 103 cm³/mol. The SMILES string of the molecule is CC1(C)C[C@H](C(=O)Nc2cnc(C3CC3)c(C#N)c2)c2cnc3cc(F)nn3c21. The van der Waals surface area contributed by atoms with Crippen molar-refractivity contribution >= 4 is 17.2 Å². The van der Waals surface area contributed by atoms with E-state index in [1.165, 1.54) is 10.6 Å². The molecule has 8 heteroatoms. The highest BCUT2D eigenvalue weighted by atomic mass is 19.1. The summed E-state index contributed by atoms with van der Waals surface area (Å²) in [5, 5.41) is 16.2. The third-order valence-electron chi connectivity index (χ3n) is 5.80. The van der Waals surface area contributed by atoms with Gasteiger partial charge >= 0.3 is 0 Å². The molecule has 0 aromatic carbocycles. The Bertz CT molecular complexity index is 1200. The van der Waals surface area contributed by atoms with Crippen LogP contribution in [0.2, 0.25) is 0 Å². The Morgan fingerprint density at radius 1 is 1.31 bits per heavy atom. The molecule has 0 bridgehead atoms. The molecule has 146 valence electrons. The fraction of sp³-hybridized carbons (Fsp3) is 0.381. The van der Waals surface area contributed by atoms with Crippen molar-refractivity contribution in [3.05, 3.63) is 53.0 Å². The van der Waals surface area contributed by atoms with E-state index in [0.717, 1.165) is 29.8 Å². The molecule has 7 nitrogen and oxygen atoms in total. The van der Waals surface area contributed by atoms with Gasteiger partial charge in [-0.3, -0.25) is 9.78 Å². The molecule has 1 fully saturated rings. The average molecular weight is 390 g/mol. The quantitative estimate of drug-likeness (QED) is 0.739. The number of rotatable bonds is 3. The summed E-state index contributed by atoms with van der Waals surface area (Å²) in [6, 6.07) is 5.14. The number of carbonyl (C=O) groups is 1. The second kappa shape index (κ2) is 6.08. The summed E-state index contributed by atoms with van der Waals surface area (Å²) in [5.41, 5.74) is 3.41. The van der Waals surface area contributed by atoms with Crippen LogP contribution in [-0.4, -0.2) is 25.5 Å². The average Bonchev–Trinajstić information content (AvgIpc) is 3.39. The van der Waals surface area contributed by atoms with E-state index in [-0.39, 0.29) is 11.3 Å². The normalized spacial score (nSPS) is 19.7. The van der Waals surface area contributed by atoms with Crippen LogP contribution < -0.4 is 5.32 Å². The molecule has 1 N–H and O–H groups in total. The van der Waals surface area contributed by atoms with Gasteiger partial charge in [0.15, 0.2) is 5.65 Å². The van der Waals surface area contributed by atoms with Crippen molar-refractivity contribution in [1.82, 2.24) is 19.6 Å². The van der Waals surface area contributed by atoms with Gasteiger partial charge in [-0.25, -0.2) is 9.50 Å². The summed E-state index contributed by atoms with van der Waals surface area (Å²) < 4.78 is 15.2. The predicted octanol–water partition coefficient (Wildman–Crippen LogP) is 3.42. The molecule has 3 aromatic rings. The van der Waals surface area contributed by atoms with Gasteiger partial charge in [-0.15, -0.1) is 5.10 Å². The number of hydrogen-bond acceptors (Lipinski definition) is 5. The van der Waals surface area contributed by atoms with Gasteiger partial charge in [0.1, 0.15) is 6.07 Å². The number of amides is 1. The zero-order chi connectivity index (χ0) is 20.3. The van der Waals surface area contributed by atoms with Crippen LogP contribution in [0.25, 0.3) is 5.65 Å². The summed E-state index contributed by atoms with van der Waals surface area (Å²) in [4.78, 5) is 21.8. The summed E-state index contributed by atoms with van der Waals surface area (Å²) in [7, 11) is 0. The number of aromatic nitrogens is 4. The van der Waals surface area contributed by atoms with E-state index in [4.69, 9.17) is 0 Å². The number of hydrogen-bond donors (Lipinski definition) is 1. The number of nitrogens with zero attached hydrogens (tertiary/aromatic N) is 5. The molecule has 29 heavy (non-hydrogen) atoms. The molecular weight excluding hydrogens is 371 g/mol. The number of halogens is 1. The highest BCUT2D eigenvalue weighted by Crippen LogP contribution is 2.46. The van der Waals surface area contributed by atoms with Crippen LogP contribution in [0.15, 0.2) is 24.5 Å². The third-order valence-corrected chi connectivity index (χ3v) is 5.80. The fourth-order valence-electron chi connectivity index (χ4n) is 4.35. The number of fused-ring (bicyclic) bond motifs is 3. The molecule has 1 saturated carbocycles. The van der Waals surface area contributed by atoms with Crippen LogP contribution >= 0.6 is 0 Å². The van der Waals surface area contributed by atoms with Crippen LogP contribution in [0.4, 0.5) is 10.1 Å². The van der Waals surface area contributed by atoms with Gasteiger partial charge in [0.2, 0.25) is 11.9 Å². The maximum atomic E-state index is 13.7. The minimum atomic E-state index is -0.597. The van der Waals surface area contributed by atoms with Crippen molar-refractivity contribution in [3.8, 4) is 6.07 Å². The number of nitrogens with one attached hydrogen (secondary N) is 1. The van der Waals surface area contributed by atoms with Crippen molar-refractivity contribution in [1.29, 1.82) is 5.26 Å². The lowest BCUT2D eigenvalue weighted by Gasteiger charge is -2.19. The van der Waals surface area contributed by atoms with E-state index >= 15 is 0 Å². The maximum absolute atomic E-state index is 13.7. The van der Waals surface area contributed by atoms with Crippen molar-refractivity contribution in [3.63, 3.8) is 0 Å². The molecular formula is C21H19FN6O. The number of pyridine rings is 1. The van der Waals surface area contributed by atoms with Gasteiger partial charge in [0, 0.05) is 29.2 Å². The zero-order valence-corrected chi connectivity index (χ0v) is 16.1. The maximum Gasteiger partial charge on any atom is 0.235 e. The molecule has 0 radical (unpaired) electrons. The first kappa shape index (κ1) is 17.7. The van der Waals surface area contributed by atoms with Crippen molar-refractivity contribution in [2.24, 2.45) is 0 Å². The highest BCUT2D eigenvalue weighted by molar-refractivity contribution is 5.96. The van der Waals surface area contributed by atoms with Gasteiger partial charge in [-0.1, -0.05) is 13.8 Å². The standard InChI is InChI=1S/C21H19FN6O/c1-21(2)7-14(15-10-24-17-6-16(22)27-28(17)19(15)21)20(29)26-13-5-12(8-23)18(25-9-13)11-3-4-11/h5-6,9-11,14H,3-4,7H2,1-2H3,(H,26,29)/t14-/m0/s1. The lowest BCUT2D eigenvalue weighted by Crippen LogP contribution is -2.22. The second-order valence-electron chi connectivity index (χ2n) is 8.47. The first-order valence-electron chi connectivity index (χ1n) is 9.63. The number of anilines is 1. The van der Waals surface area contributed by atoms with Crippen LogP contribution in [0.3, 0.4) is 0 Å². The molecule has 2 aliphatic carbocycles. The van der Waals surface area contributed by atoms with Crippen LogP contribution in [0.1, 0.15) is 67.5 Å². The van der Waals surface area contributed by atoms with E-state index in [2.05, 4.69) is 26.5 Å². The van der Waals surface area contributed by atoms with E-state index in [0.29, 0.717) is 29.2 Å². The molecule has 2 aliphatic rings. The zero-order valence-electron chi connectivity index (χ0n) is 16.1. The minimum absolute atomic E-state index is 0.199. The Morgan fingerprint density at radius 2 is 2.10 bits per heavy atom. The molecule has 0 spiro atoms. The van der Waals surface area contributed by atoms with Gasteiger partial charge in [0.05, 0.1) is 34.8 Å². The molecule has 0 unspecified atom stereocenters. The third kappa shape index (κ3) is 2.85. The largest absolute Gasteiger partial charge is 0.324 e. The summed E-state index contributed by atoms with van der Waals surface area (Å²) in [6.07, 6.45) is 5.90. The smallest absolute Gasteiger partial charge is 0.235 e. The lowest BCUT2D eigenvalue weighted by molar-refractivity contribution is -0.117. The molecule has 1 amide bonds. The van der Waals surface area contributed by atoms with Crippen molar-refractivity contribution in [2.75, 3.05) is 5.32 Å². The van der Waals surface area contributed by atoms with E-state index in [1.54, 1.807) is 18.5 Å². The molecule has 3 aromatic heterocycles. The van der Waals surface area contributed by atoms with Crippen LogP contribution in [0.5, 0.6) is 0 Å². The first-order valence-corrected chi connectivity index (χ1v) is 9.63. The first-order chi connectivity index (χ1) is 13.9. The summed E-state index contributed by atoms with van der Waals surface area (Å²) in [5.74, 6) is -0.881. The number of nitriles is 1. The molecule has 5 rings (SSSR count). The Labute approximate surface area is 166 Å². The molecule has 0 aliphatic heterocycles. The van der Waals surface area contributed by atoms with E-state index in [1.807, 2.05) is 13.8 Å². The molecule has 3 heterocycles. The molecule has 1 atom stereocenters. The van der Waals surface area contributed by atoms with Gasteiger partial charge in [0.25, 0.3) is 0 Å². The Kier molecular flexibility index (Phi) is 3.72. The summed E-state index contributed by atoms with van der Waals surface area (Å²) >= 11 is 0. The second-order valence-corrected chi connectivity index (χ2v) is 8.47. The summed E-state index contributed by atoms with van der Waals surface area (Å²) in [6.45, 7) is 4.02. The van der Waals surface area contributed by atoms with Gasteiger partial charge in [-0.2, -0.15) is 9.65 Å². The molecule has 0 saturated heterocycles. The lowest BCUT2D eigenvalue weighted by atomic mass is 9.88. The Morgan fingerprint density at radius 3 is 2.83 bits per heavy atom. The number of carbonyl (C=O) groups excluding carboxylic acids is 1.